The van der Waals surface area contributed by atoms with Crippen molar-refractivity contribution < 1.29 is 13.2 Å². The molecule has 3 unspecified atom stereocenters. The lowest BCUT2D eigenvalue weighted by molar-refractivity contribution is -0.160. The van der Waals surface area contributed by atoms with Crippen LogP contribution in [-0.4, -0.2) is 36.2 Å². The molecule has 18 heavy (non-hydrogen) atoms. The molecule has 1 saturated carbocycles. The molecule has 0 aromatic rings. The molecule has 1 aliphatic rings. The van der Waals surface area contributed by atoms with E-state index in [0.29, 0.717) is 12.5 Å². The molecule has 2 nitrogen and oxygen atoms in total. The van der Waals surface area contributed by atoms with E-state index in [4.69, 9.17) is 5.73 Å². The first-order valence-corrected chi connectivity index (χ1v) is 6.77. The van der Waals surface area contributed by atoms with Crippen molar-refractivity contribution in [2.45, 2.75) is 58.3 Å². The second kappa shape index (κ2) is 6.24. The first-order chi connectivity index (χ1) is 8.24. The van der Waals surface area contributed by atoms with E-state index < -0.39 is 12.7 Å². The lowest BCUT2D eigenvalue weighted by Gasteiger charge is -2.44. The molecule has 5 heteroatoms. The van der Waals surface area contributed by atoms with Crippen LogP contribution in [0.4, 0.5) is 13.2 Å². The Kier molecular flexibility index (Phi) is 5.46. The molecule has 1 aliphatic carbocycles. The van der Waals surface area contributed by atoms with E-state index in [0.717, 1.165) is 19.3 Å². The number of hydrogen-bond donors (Lipinski definition) is 1. The van der Waals surface area contributed by atoms with Gasteiger partial charge in [0.2, 0.25) is 0 Å². The number of rotatable bonds is 4. The van der Waals surface area contributed by atoms with Crippen molar-refractivity contribution in [2.75, 3.05) is 13.1 Å². The van der Waals surface area contributed by atoms with Crippen molar-refractivity contribution >= 4 is 0 Å². The fraction of sp³-hybridized carbons (Fsp3) is 1.00. The maximum atomic E-state index is 12.7. The van der Waals surface area contributed by atoms with Crippen molar-refractivity contribution in [1.82, 2.24) is 4.90 Å². The molecule has 0 spiro atoms. The van der Waals surface area contributed by atoms with Crippen LogP contribution in [0, 0.1) is 11.8 Å². The van der Waals surface area contributed by atoms with Crippen molar-refractivity contribution in [3.8, 4) is 0 Å². The maximum absolute atomic E-state index is 12.7. The van der Waals surface area contributed by atoms with E-state index in [1.54, 1.807) is 4.90 Å². The van der Waals surface area contributed by atoms with Crippen LogP contribution in [0.5, 0.6) is 0 Å². The fourth-order valence-electron chi connectivity index (χ4n) is 2.98. The molecule has 2 N–H and O–H groups in total. The summed E-state index contributed by atoms with van der Waals surface area (Å²) in [5, 5.41) is 0. The Hall–Kier alpha value is -0.290. The highest BCUT2D eigenvalue weighted by Gasteiger charge is 2.39. The molecule has 0 aliphatic heterocycles. The van der Waals surface area contributed by atoms with Gasteiger partial charge in [0.05, 0.1) is 6.54 Å². The Morgan fingerprint density at radius 2 is 1.89 bits per heavy atom. The van der Waals surface area contributed by atoms with Crippen molar-refractivity contribution in [3.63, 3.8) is 0 Å². The zero-order chi connectivity index (χ0) is 13.9. The zero-order valence-corrected chi connectivity index (χ0v) is 11.5. The Balaban J connectivity index is 2.81. The second-order valence-electron chi connectivity index (χ2n) is 5.86. The van der Waals surface area contributed by atoms with Crippen molar-refractivity contribution in [3.05, 3.63) is 0 Å². The van der Waals surface area contributed by atoms with Gasteiger partial charge in [-0.2, -0.15) is 13.2 Å². The van der Waals surface area contributed by atoms with Crippen LogP contribution >= 0.6 is 0 Å². The van der Waals surface area contributed by atoms with Gasteiger partial charge in [-0.25, -0.2) is 0 Å². The van der Waals surface area contributed by atoms with E-state index >= 15 is 0 Å². The lowest BCUT2D eigenvalue weighted by Crippen LogP contribution is -2.52. The number of nitrogens with zero attached hydrogens (tertiary/aromatic N) is 1. The monoisotopic (exact) mass is 266 g/mol. The van der Waals surface area contributed by atoms with Gasteiger partial charge < -0.3 is 5.73 Å². The van der Waals surface area contributed by atoms with E-state index in [9.17, 15) is 13.2 Å². The van der Waals surface area contributed by atoms with Gasteiger partial charge in [-0.1, -0.05) is 13.3 Å². The number of alkyl halides is 3. The minimum absolute atomic E-state index is 0.0274. The standard InChI is InChI=1S/C13H25F3N2/c1-9(2)18(8-13(14,15)16)12-6-10(3)4-5-11(12)7-17/h9-12H,4-8,17H2,1-3H3. The minimum atomic E-state index is -4.13. The normalized spacial score (nSPS) is 30.2. The molecule has 0 saturated heterocycles. The molecule has 3 atom stereocenters. The highest BCUT2D eigenvalue weighted by atomic mass is 19.4. The van der Waals surface area contributed by atoms with Gasteiger partial charge in [-0.15, -0.1) is 0 Å². The highest BCUT2D eigenvalue weighted by Crippen LogP contribution is 2.34. The summed E-state index contributed by atoms with van der Waals surface area (Å²) >= 11 is 0. The van der Waals surface area contributed by atoms with Crippen LogP contribution in [0.25, 0.3) is 0 Å². The van der Waals surface area contributed by atoms with Crippen molar-refractivity contribution in [2.24, 2.45) is 17.6 Å². The molecular weight excluding hydrogens is 241 g/mol. The molecular formula is C13H25F3N2. The predicted molar refractivity (Wildman–Crippen MR) is 67.2 cm³/mol. The molecule has 0 radical (unpaired) electrons. The van der Waals surface area contributed by atoms with Crippen LogP contribution in [-0.2, 0) is 0 Å². The Labute approximate surface area is 108 Å². The summed E-state index contributed by atoms with van der Waals surface area (Å²) in [7, 11) is 0. The summed E-state index contributed by atoms with van der Waals surface area (Å²) in [6.07, 6.45) is -1.28. The smallest absolute Gasteiger partial charge is 0.330 e. The van der Waals surface area contributed by atoms with Crippen molar-refractivity contribution in [1.29, 1.82) is 0 Å². The summed E-state index contributed by atoms with van der Waals surface area (Å²) in [4.78, 5) is 1.59. The average Bonchev–Trinajstić information content (AvgIpc) is 2.24. The molecule has 0 amide bonds. The van der Waals surface area contributed by atoms with Gasteiger partial charge in [-0.05, 0) is 45.1 Å². The predicted octanol–water partition coefficient (Wildman–Crippen LogP) is 3.02. The molecule has 1 rings (SSSR count). The van der Waals surface area contributed by atoms with Crippen LogP contribution < -0.4 is 5.73 Å². The highest BCUT2D eigenvalue weighted by molar-refractivity contribution is 4.88. The molecule has 108 valence electrons. The van der Waals surface area contributed by atoms with Gasteiger partial charge in [0, 0.05) is 12.1 Å². The van der Waals surface area contributed by atoms with Gasteiger partial charge in [0.25, 0.3) is 0 Å². The molecule has 0 aromatic carbocycles. The van der Waals surface area contributed by atoms with Gasteiger partial charge >= 0.3 is 6.18 Å². The maximum Gasteiger partial charge on any atom is 0.401 e. The van der Waals surface area contributed by atoms with Crippen LogP contribution in [0.2, 0.25) is 0 Å². The lowest BCUT2D eigenvalue weighted by atomic mass is 9.78. The quantitative estimate of drug-likeness (QED) is 0.847. The number of nitrogens with two attached hydrogens (primary N) is 1. The minimum Gasteiger partial charge on any atom is -0.330 e. The van der Waals surface area contributed by atoms with Crippen LogP contribution in [0.15, 0.2) is 0 Å². The van der Waals surface area contributed by atoms with Crippen LogP contribution in [0.3, 0.4) is 0 Å². The van der Waals surface area contributed by atoms with E-state index in [2.05, 4.69) is 6.92 Å². The third kappa shape index (κ3) is 4.43. The Morgan fingerprint density at radius 3 is 2.33 bits per heavy atom. The van der Waals surface area contributed by atoms with E-state index in [-0.39, 0.29) is 18.0 Å². The number of halogens is 3. The van der Waals surface area contributed by atoms with E-state index in [1.165, 1.54) is 0 Å². The largest absolute Gasteiger partial charge is 0.401 e. The number of hydrogen-bond acceptors (Lipinski definition) is 2. The molecule has 0 aromatic heterocycles. The fourth-order valence-corrected chi connectivity index (χ4v) is 2.98. The Bertz CT molecular complexity index is 253. The second-order valence-corrected chi connectivity index (χ2v) is 5.86. The van der Waals surface area contributed by atoms with Gasteiger partial charge in [0.1, 0.15) is 0 Å². The average molecular weight is 266 g/mol. The summed E-state index contributed by atoms with van der Waals surface area (Å²) in [6.45, 7) is 5.44. The third-order valence-corrected chi connectivity index (χ3v) is 3.97. The third-order valence-electron chi connectivity index (χ3n) is 3.97. The molecule has 0 bridgehead atoms. The zero-order valence-electron chi connectivity index (χ0n) is 11.5. The summed E-state index contributed by atoms with van der Waals surface area (Å²) in [5.41, 5.74) is 5.73. The first kappa shape index (κ1) is 15.8. The van der Waals surface area contributed by atoms with Gasteiger partial charge in [0.15, 0.2) is 0 Å². The Morgan fingerprint density at radius 1 is 1.28 bits per heavy atom. The van der Waals surface area contributed by atoms with E-state index in [1.807, 2.05) is 13.8 Å². The topological polar surface area (TPSA) is 29.3 Å². The molecule has 1 fully saturated rings. The van der Waals surface area contributed by atoms with Gasteiger partial charge in [-0.3, -0.25) is 4.90 Å². The SMILES string of the molecule is CC1CCC(CN)C(N(CC(F)(F)F)C(C)C)C1. The summed E-state index contributed by atoms with van der Waals surface area (Å²) in [5.74, 6) is 0.693. The summed E-state index contributed by atoms with van der Waals surface area (Å²) in [6, 6.07) is -0.128. The molecule has 0 heterocycles. The van der Waals surface area contributed by atoms with Crippen LogP contribution in [0.1, 0.15) is 40.0 Å². The first-order valence-electron chi connectivity index (χ1n) is 6.77. The summed E-state index contributed by atoms with van der Waals surface area (Å²) < 4.78 is 38.0.